The normalized spacial score (nSPS) is 10.6. The molecule has 0 heterocycles. The number of aryl methyl sites for hydroxylation is 1. The van der Waals surface area contributed by atoms with Crippen LogP contribution in [0.2, 0.25) is 0 Å². The van der Waals surface area contributed by atoms with Gasteiger partial charge in [-0.2, -0.15) is 0 Å². The van der Waals surface area contributed by atoms with Crippen LogP contribution < -0.4 is 4.74 Å². The average Bonchev–Trinajstić information content (AvgIpc) is 2.48. The summed E-state index contributed by atoms with van der Waals surface area (Å²) in [7, 11) is 0. The molecule has 0 aliphatic carbocycles. The van der Waals surface area contributed by atoms with Crippen LogP contribution in [0.15, 0.2) is 42.5 Å². The molecule has 0 aliphatic rings. The summed E-state index contributed by atoms with van der Waals surface area (Å²) >= 11 is 5.81. The van der Waals surface area contributed by atoms with E-state index in [1.54, 1.807) is 12.1 Å². The van der Waals surface area contributed by atoms with Gasteiger partial charge in [0.2, 0.25) is 0 Å². The molecule has 1 nitrogen and oxygen atoms in total. The molecule has 20 heavy (non-hydrogen) atoms. The van der Waals surface area contributed by atoms with Crippen molar-refractivity contribution >= 4 is 11.6 Å². The van der Waals surface area contributed by atoms with E-state index < -0.39 is 5.82 Å². The molecule has 0 aliphatic heterocycles. The van der Waals surface area contributed by atoms with E-state index in [0.717, 1.165) is 6.42 Å². The highest BCUT2D eigenvalue weighted by Gasteiger charge is 2.10. The Hall–Kier alpha value is -1.54. The lowest BCUT2D eigenvalue weighted by Gasteiger charge is -2.11. The Morgan fingerprint density at radius 1 is 1.10 bits per heavy atom. The van der Waals surface area contributed by atoms with Gasteiger partial charge in [0, 0.05) is 5.56 Å². The minimum Gasteiger partial charge on any atom is -0.454 e. The van der Waals surface area contributed by atoms with Gasteiger partial charge < -0.3 is 4.74 Å². The molecule has 0 saturated heterocycles. The van der Waals surface area contributed by atoms with Crippen LogP contribution in [0.1, 0.15) is 30.9 Å². The van der Waals surface area contributed by atoms with Crippen LogP contribution in [0.3, 0.4) is 0 Å². The molecule has 2 aromatic rings. The van der Waals surface area contributed by atoms with Crippen LogP contribution in [0.5, 0.6) is 11.5 Å². The van der Waals surface area contributed by atoms with Crippen molar-refractivity contribution in [2.24, 2.45) is 0 Å². The molecule has 0 N–H and O–H groups in total. The molecule has 0 saturated carbocycles. The van der Waals surface area contributed by atoms with Gasteiger partial charge in [-0.3, -0.25) is 0 Å². The van der Waals surface area contributed by atoms with Crippen molar-refractivity contribution in [3.05, 3.63) is 59.4 Å². The summed E-state index contributed by atoms with van der Waals surface area (Å²) in [5, 5.41) is 0. The molecule has 0 bridgehead atoms. The summed E-state index contributed by atoms with van der Waals surface area (Å²) in [6.07, 6.45) is 3.40. The van der Waals surface area contributed by atoms with Crippen molar-refractivity contribution in [3.8, 4) is 11.5 Å². The minimum atomic E-state index is -0.391. The molecule has 0 radical (unpaired) electrons. The number of halogens is 2. The fourth-order valence-corrected chi connectivity index (χ4v) is 2.21. The molecule has 0 unspecified atom stereocenters. The van der Waals surface area contributed by atoms with Crippen molar-refractivity contribution < 1.29 is 9.13 Å². The van der Waals surface area contributed by atoms with Crippen molar-refractivity contribution in [2.45, 2.75) is 32.1 Å². The summed E-state index contributed by atoms with van der Waals surface area (Å²) in [6.45, 7) is 2.17. The highest BCUT2D eigenvalue weighted by molar-refractivity contribution is 6.17. The summed E-state index contributed by atoms with van der Waals surface area (Å²) < 4.78 is 19.4. The highest BCUT2D eigenvalue weighted by atomic mass is 35.5. The Kier molecular flexibility index (Phi) is 5.42. The topological polar surface area (TPSA) is 9.23 Å². The first kappa shape index (κ1) is 14.9. The lowest BCUT2D eigenvalue weighted by atomic mass is 10.1. The predicted molar refractivity (Wildman–Crippen MR) is 81.1 cm³/mol. The number of alkyl halides is 1. The Bertz CT molecular complexity index is 551. The van der Waals surface area contributed by atoms with Crippen molar-refractivity contribution in [3.63, 3.8) is 0 Å². The molecular formula is C17H18ClFO. The number of hydrogen-bond acceptors (Lipinski definition) is 1. The third-order valence-electron chi connectivity index (χ3n) is 3.15. The lowest BCUT2D eigenvalue weighted by molar-refractivity contribution is 0.438. The smallest absolute Gasteiger partial charge is 0.167 e. The zero-order valence-electron chi connectivity index (χ0n) is 11.5. The average molecular weight is 293 g/mol. The van der Waals surface area contributed by atoms with E-state index in [1.807, 2.05) is 24.3 Å². The second-order valence-corrected chi connectivity index (χ2v) is 4.98. The van der Waals surface area contributed by atoms with Crippen LogP contribution in [0, 0.1) is 5.82 Å². The summed E-state index contributed by atoms with van der Waals surface area (Å²) in [4.78, 5) is 0. The molecule has 0 fully saturated rings. The quantitative estimate of drug-likeness (QED) is 0.621. The van der Waals surface area contributed by atoms with E-state index in [0.29, 0.717) is 11.3 Å². The fourth-order valence-electron chi connectivity index (χ4n) is 2.00. The van der Waals surface area contributed by atoms with Gasteiger partial charge in [-0.25, -0.2) is 4.39 Å². The first-order valence-electron chi connectivity index (χ1n) is 6.84. The standard InChI is InChI=1S/C17H18ClFO/c1-2-3-5-13-8-10-15(11-9-13)20-17-14(12-18)6-4-7-16(17)19/h4,6-11H,2-3,5,12H2,1H3. The SMILES string of the molecule is CCCCc1ccc(Oc2c(F)cccc2CCl)cc1. The molecule has 0 spiro atoms. The zero-order valence-corrected chi connectivity index (χ0v) is 12.3. The van der Waals surface area contributed by atoms with Crippen LogP contribution >= 0.6 is 11.6 Å². The number of benzene rings is 2. The van der Waals surface area contributed by atoms with Crippen LogP contribution in [-0.2, 0) is 12.3 Å². The van der Waals surface area contributed by atoms with Crippen LogP contribution in [0.4, 0.5) is 4.39 Å². The summed E-state index contributed by atoms with van der Waals surface area (Å²) in [6, 6.07) is 12.6. The molecule has 0 amide bonds. The summed E-state index contributed by atoms with van der Waals surface area (Å²) in [5.41, 5.74) is 1.92. The van der Waals surface area contributed by atoms with E-state index in [4.69, 9.17) is 16.3 Å². The number of hydrogen-bond donors (Lipinski definition) is 0. The van der Waals surface area contributed by atoms with Gasteiger partial charge in [-0.15, -0.1) is 11.6 Å². The number of rotatable bonds is 6. The maximum Gasteiger partial charge on any atom is 0.167 e. The predicted octanol–water partition coefficient (Wildman–Crippen LogP) is 5.70. The largest absolute Gasteiger partial charge is 0.454 e. The monoisotopic (exact) mass is 292 g/mol. The van der Waals surface area contributed by atoms with Gasteiger partial charge in [-0.05, 0) is 36.6 Å². The third kappa shape index (κ3) is 3.73. The number of para-hydroxylation sites is 1. The number of ether oxygens (including phenoxy) is 1. The molecule has 106 valence electrons. The molecule has 0 atom stereocenters. The van der Waals surface area contributed by atoms with E-state index in [-0.39, 0.29) is 11.6 Å². The Balaban J connectivity index is 2.14. The zero-order chi connectivity index (χ0) is 14.4. The van der Waals surface area contributed by atoms with E-state index in [9.17, 15) is 4.39 Å². The minimum absolute atomic E-state index is 0.212. The maximum atomic E-state index is 13.8. The Morgan fingerprint density at radius 2 is 1.85 bits per heavy atom. The Morgan fingerprint density at radius 3 is 2.50 bits per heavy atom. The van der Waals surface area contributed by atoms with Gasteiger partial charge in [0.1, 0.15) is 5.75 Å². The molecule has 0 aromatic heterocycles. The Labute approximate surface area is 124 Å². The molecular weight excluding hydrogens is 275 g/mol. The van der Waals surface area contributed by atoms with Crippen molar-refractivity contribution in [2.75, 3.05) is 0 Å². The van der Waals surface area contributed by atoms with Gasteiger partial charge in [0.25, 0.3) is 0 Å². The lowest BCUT2D eigenvalue weighted by Crippen LogP contribution is -1.93. The summed E-state index contributed by atoms with van der Waals surface area (Å²) in [5.74, 6) is 0.672. The molecule has 2 aromatic carbocycles. The second-order valence-electron chi connectivity index (χ2n) is 4.71. The fraction of sp³-hybridized carbons (Fsp3) is 0.294. The van der Waals surface area contributed by atoms with Crippen LogP contribution in [-0.4, -0.2) is 0 Å². The third-order valence-corrected chi connectivity index (χ3v) is 3.44. The van der Waals surface area contributed by atoms with Crippen molar-refractivity contribution in [1.82, 2.24) is 0 Å². The first-order chi connectivity index (χ1) is 9.74. The van der Waals surface area contributed by atoms with Gasteiger partial charge in [0.05, 0.1) is 5.88 Å². The second kappa shape index (κ2) is 7.30. The van der Waals surface area contributed by atoms with Gasteiger partial charge >= 0.3 is 0 Å². The number of unbranched alkanes of at least 4 members (excludes halogenated alkanes) is 1. The van der Waals surface area contributed by atoms with Gasteiger partial charge in [-0.1, -0.05) is 37.6 Å². The molecule has 2 rings (SSSR count). The first-order valence-corrected chi connectivity index (χ1v) is 7.38. The van der Waals surface area contributed by atoms with Crippen molar-refractivity contribution in [1.29, 1.82) is 0 Å². The van der Waals surface area contributed by atoms with E-state index >= 15 is 0 Å². The van der Waals surface area contributed by atoms with Gasteiger partial charge in [0.15, 0.2) is 11.6 Å². The highest BCUT2D eigenvalue weighted by Crippen LogP contribution is 2.29. The van der Waals surface area contributed by atoms with Crippen LogP contribution in [0.25, 0.3) is 0 Å². The maximum absolute atomic E-state index is 13.8. The van der Waals surface area contributed by atoms with E-state index in [1.165, 1.54) is 24.5 Å². The van der Waals surface area contributed by atoms with E-state index in [2.05, 4.69) is 6.92 Å². The molecule has 3 heteroatoms.